The summed E-state index contributed by atoms with van der Waals surface area (Å²) in [6.07, 6.45) is 9.25. The van der Waals surface area contributed by atoms with E-state index in [0.29, 0.717) is 0 Å². The van der Waals surface area contributed by atoms with Crippen LogP contribution in [0.4, 0.5) is 0 Å². The summed E-state index contributed by atoms with van der Waals surface area (Å²) in [6, 6.07) is 2.05. The van der Waals surface area contributed by atoms with Crippen molar-refractivity contribution in [2.75, 3.05) is 0 Å². The minimum atomic E-state index is 1.07. The quantitative estimate of drug-likeness (QED) is 0.578. The lowest BCUT2D eigenvalue weighted by Gasteiger charge is -1.81. The van der Waals surface area contributed by atoms with Gasteiger partial charge in [0.25, 0.3) is 0 Å². The molecule has 0 fully saturated rings. The summed E-state index contributed by atoms with van der Waals surface area (Å²) in [7, 11) is 0. The summed E-state index contributed by atoms with van der Waals surface area (Å²) in [5.74, 6) is 0. The molecule has 0 unspecified atom stereocenters. The molecule has 0 saturated heterocycles. The maximum absolute atomic E-state index is 3.82. The number of hydrogen-bond acceptors (Lipinski definition) is 1. The van der Waals surface area contributed by atoms with Gasteiger partial charge in [0, 0.05) is 12.4 Å². The van der Waals surface area contributed by atoms with Crippen LogP contribution >= 0.6 is 0 Å². The van der Waals surface area contributed by atoms with Crippen LogP contribution in [0.2, 0.25) is 0 Å². The Bertz CT molecular complexity index is 316. The van der Waals surface area contributed by atoms with Gasteiger partial charge in [0.1, 0.15) is 0 Å². The van der Waals surface area contributed by atoms with E-state index in [1.165, 1.54) is 5.56 Å². The standard InChI is InChI=1S/C8H6N2.C2H6/c1-7-4-8-5-9-2-3-10(8)6-7;1-2/h4-6H,1H3;1-2H3. The Morgan fingerprint density at radius 3 is 2.83 bits per heavy atom. The van der Waals surface area contributed by atoms with Crippen LogP contribution < -0.4 is 0 Å². The van der Waals surface area contributed by atoms with Gasteiger partial charge in [0.15, 0.2) is 0 Å². The molecule has 0 spiro atoms. The maximum atomic E-state index is 3.82. The highest BCUT2D eigenvalue weighted by atomic mass is 14.9. The van der Waals surface area contributed by atoms with Gasteiger partial charge in [-0.1, -0.05) is 13.8 Å². The van der Waals surface area contributed by atoms with E-state index in [4.69, 9.17) is 0 Å². The second-order valence-electron chi connectivity index (χ2n) is 2.29. The van der Waals surface area contributed by atoms with Gasteiger partial charge in [0.2, 0.25) is 0 Å². The topological polar surface area (TPSA) is 17.3 Å². The van der Waals surface area contributed by atoms with Crippen molar-refractivity contribution >= 4 is 5.52 Å². The third kappa shape index (κ3) is 1.57. The first-order chi connectivity index (χ1) is 5.86. The average Bonchev–Trinajstić information content (AvgIpc) is 2.48. The van der Waals surface area contributed by atoms with Crippen molar-refractivity contribution in [1.29, 1.82) is 0 Å². The van der Waals surface area contributed by atoms with Crippen molar-refractivity contribution in [2.45, 2.75) is 20.8 Å². The lowest BCUT2D eigenvalue weighted by Crippen LogP contribution is -1.76. The van der Waals surface area contributed by atoms with E-state index in [2.05, 4.69) is 23.4 Å². The first-order valence-corrected chi connectivity index (χ1v) is 4.09. The number of hydrogen-bond donors (Lipinski definition) is 0. The van der Waals surface area contributed by atoms with Crippen LogP contribution in [-0.2, 0) is 0 Å². The van der Waals surface area contributed by atoms with Crippen LogP contribution in [-0.4, -0.2) is 9.38 Å². The molecule has 0 atom stereocenters. The van der Waals surface area contributed by atoms with Crippen molar-refractivity contribution < 1.29 is 0 Å². The molecule has 0 aliphatic heterocycles. The van der Waals surface area contributed by atoms with Gasteiger partial charge in [0.05, 0.1) is 17.9 Å². The van der Waals surface area contributed by atoms with E-state index in [-0.39, 0.29) is 0 Å². The molecule has 0 aliphatic rings. The first-order valence-electron chi connectivity index (χ1n) is 4.09. The third-order valence-electron chi connectivity index (χ3n) is 1.42. The van der Waals surface area contributed by atoms with Crippen molar-refractivity contribution in [3.05, 3.63) is 36.4 Å². The van der Waals surface area contributed by atoms with Crippen LogP contribution in [0.5, 0.6) is 0 Å². The number of aromatic nitrogens is 2. The molecular weight excluding hydrogens is 148 g/mol. The predicted molar refractivity (Wildman–Crippen MR) is 48.9 cm³/mol. The van der Waals surface area contributed by atoms with E-state index in [0.717, 1.165) is 5.52 Å². The molecule has 0 saturated carbocycles. The Balaban J connectivity index is 0.000000336. The Hall–Kier alpha value is -1.49. The van der Waals surface area contributed by atoms with Crippen molar-refractivity contribution in [1.82, 2.24) is 9.38 Å². The number of fused-ring (bicyclic) bond motifs is 1. The summed E-state index contributed by atoms with van der Waals surface area (Å²) in [4.78, 5) is 3.82. The molecule has 0 radical (unpaired) electrons. The molecular formula is C10H12N2. The summed E-state index contributed by atoms with van der Waals surface area (Å²) in [6.45, 7) is 6.04. The summed E-state index contributed by atoms with van der Waals surface area (Å²) >= 11 is 0. The third-order valence-corrected chi connectivity index (χ3v) is 1.42. The highest BCUT2D eigenvalue weighted by Gasteiger charge is 1.90. The van der Waals surface area contributed by atoms with Gasteiger partial charge in [-0.2, -0.15) is 0 Å². The van der Waals surface area contributed by atoms with Crippen LogP contribution in [0, 0.1) is 19.3 Å². The Morgan fingerprint density at radius 2 is 2.17 bits per heavy atom. The molecule has 2 aromatic heterocycles. The lowest BCUT2D eigenvalue weighted by atomic mass is 10.4. The van der Waals surface area contributed by atoms with Gasteiger partial charge in [-0.15, -0.1) is 0 Å². The van der Waals surface area contributed by atoms with Gasteiger partial charge in [-0.25, -0.2) is 4.98 Å². The molecule has 0 N–H and O–H groups in total. The molecule has 2 heterocycles. The molecule has 0 aromatic carbocycles. The fraction of sp³-hybridized carbons (Fsp3) is 0.300. The second-order valence-corrected chi connectivity index (χ2v) is 2.29. The highest BCUT2D eigenvalue weighted by molar-refractivity contribution is 5.46. The molecule has 0 bridgehead atoms. The summed E-state index contributed by atoms with van der Waals surface area (Å²) in [5.41, 5.74) is 2.29. The molecule has 2 heteroatoms. The first kappa shape index (κ1) is 8.61. The van der Waals surface area contributed by atoms with E-state index < -0.39 is 0 Å². The monoisotopic (exact) mass is 160 g/mol. The summed E-state index contributed by atoms with van der Waals surface area (Å²) in [5, 5.41) is 0. The van der Waals surface area contributed by atoms with Crippen molar-refractivity contribution in [3.63, 3.8) is 0 Å². The lowest BCUT2D eigenvalue weighted by molar-refractivity contribution is 1.16. The van der Waals surface area contributed by atoms with Crippen molar-refractivity contribution in [2.24, 2.45) is 0 Å². The van der Waals surface area contributed by atoms with Crippen molar-refractivity contribution in [3.8, 4) is 0 Å². The number of aryl methyl sites for hydroxylation is 1. The van der Waals surface area contributed by atoms with E-state index in [1.54, 1.807) is 6.20 Å². The average molecular weight is 160 g/mol. The van der Waals surface area contributed by atoms with E-state index in [1.807, 2.05) is 31.4 Å². The minimum absolute atomic E-state index is 1.07. The van der Waals surface area contributed by atoms with Crippen LogP contribution in [0.3, 0.4) is 0 Å². The molecule has 0 amide bonds. The molecule has 12 heavy (non-hydrogen) atoms. The molecule has 2 nitrogen and oxygen atoms in total. The second kappa shape index (κ2) is 3.77. The SMILES string of the molecule is CC.Cc1cc2cnc#cn2c1. The molecule has 2 aromatic rings. The molecule has 2 rings (SSSR count). The van der Waals surface area contributed by atoms with Crippen LogP contribution in [0.25, 0.3) is 5.52 Å². The van der Waals surface area contributed by atoms with Gasteiger partial charge >= 0.3 is 0 Å². The smallest absolute Gasteiger partial charge is 0.0733 e. The van der Waals surface area contributed by atoms with E-state index >= 15 is 0 Å². The fourth-order valence-corrected chi connectivity index (χ4v) is 0.996. The van der Waals surface area contributed by atoms with Crippen LogP contribution in [0.15, 0.2) is 18.5 Å². The number of nitrogens with zero attached hydrogens (tertiary/aromatic N) is 2. The zero-order valence-electron chi connectivity index (χ0n) is 7.63. The largest absolute Gasteiger partial charge is 0.274 e. The highest BCUT2D eigenvalue weighted by Crippen LogP contribution is 2.03. The Labute approximate surface area is 72.9 Å². The van der Waals surface area contributed by atoms with Gasteiger partial charge in [-0.05, 0) is 18.6 Å². The Morgan fingerprint density at radius 1 is 1.42 bits per heavy atom. The maximum Gasteiger partial charge on any atom is 0.0733 e. The molecule has 0 aliphatic carbocycles. The Kier molecular flexibility index (Phi) is 2.71. The number of rotatable bonds is 0. The summed E-state index contributed by atoms with van der Waals surface area (Å²) < 4.78 is 1.88. The molecule has 62 valence electrons. The zero-order chi connectivity index (χ0) is 8.97. The zero-order valence-corrected chi connectivity index (χ0v) is 7.63. The normalized spacial score (nSPS) is 8.58. The van der Waals surface area contributed by atoms with Gasteiger partial charge in [-0.3, -0.25) is 4.40 Å². The predicted octanol–water partition coefficient (Wildman–Crippen LogP) is 2.27. The minimum Gasteiger partial charge on any atom is -0.274 e. The van der Waals surface area contributed by atoms with Gasteiger partial charge < -0.3 is 0 Å². The fourth-order valence-electron chi connectivity index (χ4n) is 0.996. The van der Waals surface area contributed by atoms with E-state index in [9.17, 15) is 0 Å². The van der Waals surface area contributed by atoms with Crippen LogP contribution in [0.1, 0.15) is 19.4 Å².